The molecule has 3 unspecified atom stereocenters. The lowest BCUT2D eigenvalue weighted by Crippen LogP contribution is -2.65. The maximum Gasteiger partial charge on any atom is 0.303 e. The number of nitrogens with one attached hydrogen (secondary N) is 2. The van der Waals surface area contributed by atoms with E-state index in [1.165, 1.54) is 13.8 Å². The highest BCUT2D eigenvalue weighted by Crippen LogP contribution is 2.32. The van der Waals surface area contributed by atoms with Crippen molar-refractivity contribution in [1.82, 2.24) is 5.32 Å². The van der Waals surface area contributed by atoms with Crippen molar-refractivity contribution in [1.29, 1.82) is 5.41 Å². The quantitative estimate of drug-likeness (QED) is 0.222. The summed E-state index contributed by atoms with van der Waals surface area (Å²) >= 11 is 0.767. The third-order valence-electron chi connectivity index (χ3n) is 3.31. The monoisotopic (exact) mass is 405 g/mol. The molecule has 0 aliphatic carbocycles. The van der Waals surface area contributed by atoms with Gasteiger partial charge in [-0.05, 0) is 0 Å². The van der Waals surface area contributed by atoms with Crippen LogP contribution in [0, 0.1) is 5.41 Å². The minimum atomic E-state index is -1.16. The minimum Gasteiger partial charge on any atom is -0.463 e. The van der Waals surface area contributed by atoms with Crippen molar-refractivity contribution in [3.63, 3.8) is 0 Å². The Morgan fingerprint density at radius 3 is 2.04 bits per heavy atom. The van der Waals surface area contributed by atoms with Crippen LogP contribution in [0.4, 0.5) is 0 Å². The number of hydrogen-bond acceptors (Lipinski definition) is 10. The van der Waals surface area contributed by atoms with E-state index in [0.29, 0.717) is 0 Å². The summed E-state index contributed by atoms with van der Waals surface area (Å²) in [4.78, 5) is 45.9. The highest BCUT2D eigenvalue weighted by molar-refractivity contribution is 8.14. The molecule has 1 heterocycles. The minimum absolute atomic E-state index is 0.299. The highest BCUT2D eigenvalue weighted by atomic mass is 32.2. The molecule has 0 aromatic carbocycles. The molecule has 12 heteroatoms. The van der Waals surface area contributed by atoms with Crippen LogP contribution in [0.3, 0.4) is 0 Å². The van der Waals surface area contributed by atoms with Crippen LogP contribution in [0.2, 0.25) is 0 Å². The number of esters is 3. The zero-order valence-electron chi connectivity index (χ0n) is 15.3. The molecule has 1 aliphatic heterocycles. The Balaban J connectivity index is 3.29. The molecule has 27 heavy (non-hydrogen) atoms. The molecule has 1 aliphatic rings. The third-order valence-corrected chi connectivity index (χ3v) is 4.20. The molecule has 1 saturated heterocycles. The van der Waals surface area contributed by atoms with Crippen LogP contribution < -0.4 is 11.1 Å². The number of thioether (sulfide) groups is 1. The molecule has 11 nitrogen and oxygen atoms in total. The Hall–Kier alpha value is -2.34. The summed E-state index contributed by atoms with van der Waals surface area (Å²) in [5, 5.41) is 9.74. The maximum absolute atomic E-state index is 11.6. The van der Waals surface area contributed by atoms with Gasteiger partial charge in [0.05, 0.1) is 0 Å². The largest absolute Gasteiger partial charge is 0.463 e. The lowest BCUT2D eigenvalue weighted by atomic mass is 9.97. The van der Waals surface area contributed by atoms with E-state index in [1.54, 1.807) is 0 Å². The average Bonchev–Trinajstić information content (AvgIpc) is 2.49. The first kappa shape index (κ1) is 22.7. The summed E-state index contributed by atoms with van der Waals surface area (Å²) in [6.45, 7) is 4.44. The van der Waals surface area contributed by atoms with E-state index in [4.69, 9.17) is 30.1 Å². The molecule has 4 N–H and O–H groups in total. The lowest BCUT2D eigenvalue weighted by molar-refractivity contribution is -0.211. The van der Waals surface area contributed by atoms with Crippen molar-refractivity contribution < 1.29 is 38.1 Å². The maximum atomic E-state index is 11.6. The van der Waals surface area contributed by atoms with Crippen molar-refractivity contribution in [2.75, 3.05) is 6.61 Å². The fourth-order valence-corrected chi connectivity index (χ4v) is 3.33. The van der Waals surface area contributed by atoms with Crippen LogP contribution >= 0.6 is 11.8 Å². The van der Waals surface area contributed by atoms with Gasteiger partial charge in [-0.15, -0.1) is 0 Å². The predicted octanol–water partition coefficient (Wildman–Crippen LogP) is -0.731. The smallest absolute Gasteiger partial charge is 0.303 e. The Bertz CT molecular complexity index is 614. The van der Waals surface area contributed by atoms with E-state index in [9.17, 15) is 19.2 Å². The molecule has 1 fully saturated rings. The topological polar surface area (TPSA) is 167 Å². The van der Waals surface area contributed by atoms with Gasteiger partial charge in [-0.1, -0.05) is 11.8 Å². The summed E-state index contributed by atoms with van der Waals surface area (Å²) in [5.74, 6) is -2.43. The standard InChI is InChI=1S/C15H23N3O8S/c1-6(19)18-11-13(25-9(4)22)12(24-8(3)21)10(5-23-7(2)20)26-14(11)27-15(16)17/h10-14H,5H2,1-4H3,(H3,16,17)(H,18,19)/t10?,11?,12-,13?,14-/m0/s1. The van der Waals surface area contributed by atoms with Gasteiger partial charge in [0, 0.05) is 27.7 Å². The van der Waals surface area contributed by atoms with Gasteiger partial charge in [-0.25, -0.2) is 0 Å². The zero-order chi connectivity index (χ0) is 20.7. The molecule has 1 amide bonds. The molecule has 152 valence electrons. The van der Waals surface area contributed by atoms with Crippen molar-refractivity contribution >= 4 is 40.7 Å². The molecule has 0 saturated carbocycles. The van der Waals surface area contributed by atoms with Gasteiger partial charge in [0.2, 0.25) is 5.91 Å². The summed E-state index contributed by atoms with van der Waals surface area (Å²) in [5.41, 5.74) is 4.47. The Kier molecular flexibility index (Phi) is 8.50. The molecule has 0 spiro atoms. The molecule has 0 aromatic rings. The first-order chi connectivity index (χ1) is 12.5. The van der Waals surface area contributed by atoms with Crippen LogP contribution in [-0.4, -0.2) is 65.4 Å². The van der Waals surface area contributed by atoms with Crippen LogP contribution in [0.5, 0.6) is 0 Å². The summed E-state index contributed by atoms with van der Waals surface area (Å²) < 4.78 is 21.2. The van der Waals surface area contributed by atoms with E-state index in [-0.39, 0.29) is 11.8 Å². The van der Waals surface area contributed by atoms with Gasteiger partial charge < -0.3 is 30.0 Å². The molecule has 1 rings (SSSR count). The van der Waals surface area contributed by atoms with Crippen molar-refractivity contribution in [2.24, 2.45) is 5.73 Å². The van der Waals surface area contributed by atoms with Crippen molar-refractivity contribution in [3.8, 4) is 0 Å². The second kappa shape index (κ2) is 10.1. The van der Waals surface area contributed by atoms with Crippen LogP contribution in [-0.2, 0) is 38.1 Å². The second-order valence-electron chi connectivity index (χ2n) is 5.70. The van der Waals surface area contributed by atoms with E-state index in [2.05, 4.69) is 5.32 Å². The number of carbonyl (C=O) groups excluding carboxylic acids is 4. The molecular formula is C15H23N3O8S. The van der Waals surface area contributed by atoms with Crippen molar-refractivity contribution in [3.05, 3.63) is 0 Å². The summed E-state index contributed by atoms with van der Waals surface area (Å²) in [7, 11) is 0. The number of hydrogen-bond donors (Lipinski definition) is 3. The number of carbonyl (C=O) groups is 4. The van der Waals surface area contributed by atoms with Crippen LogP contribution in [0.25, 0.3) is 0 Å². The SMILES string of the molecule is CC(=O)NC1C(OC(C)=O)[C@@H](OC(C)=O)C(COC(C)=O)O[C@H]1SC(=N)N. The first-order valence-electron chi connectivity index (χ1n) is 7.92. The van der Waals surface area contributed by atoms with Crippen LogP contribution in [0.1, 0.15) is 27.7 Å². The van der Waals surface area contributed by atoms with Gasteiger partial charge in [-0.2, -0.15) is 0 Å². The molecule has 0 bridgehead atoms. The molecule has 0 radical (unpaired) electrons. The Morgan fingerprint density at radius 1 is 1.04 bits per heavy atom. The Labute approximate surface area is 160 Å². The van der Waals surface area contributed by atoms with E-state index >= 15 is 0 Å². The third kappa shape index (κ3) is 7.43. The van der Waals surface area contributed by atoms with Gasteiger partial charge in [-0.3, -0.25) is 24.6 Å². The first-order valence-corrected chi connectivity index (χ1v) is 8.80. The van der Waals surface area contributed by atoms with E-state index in [1.807, 2.05) is 0 Å². The highest BCUT2D eigenvalue weighted by Gasteiger charge is 2.51. The van der Waals surface area contributed by atoms with E-state index in [0.717, 1.165) is 25.6 Å². The number of amides is 1. The fourth-order valence-electron chi connectivity index (χ4n) is 2.52. The second-order valence-corrected chi connectivity index (χ2v) is 6.84. The van der Waals surface area contributed by atoms with Crippen molar-refractivity contribution in [2.45, 2.75) is 57.5 Å². The Morgan fingerprint density at radius 2 is 1.59 bits per heavy atom. The van der Waals surface area contributed by atoms with Gasteiger partial charge >= 0.3 is 17.9 Å². The molecular weight excluding hydrogens is 382 g/mol. The van der Waals surface area contributed by atoms with E-state index < -0.39 is 53.6 Å². The zero-order valence-corrected chi connectivity index (χ0v) is 16.2. The van der Waals surface area contributed by atoms with Gasteiger partial charge in [0.1, 0.15) is 24.2 Å². The number of amidine groups is 1. The number of ether oxygens (including phenoxy) is 4. The molecule has 5 atom stereocenters. The predicted molar refractivity (Wildman–Crippen MR) is 93.5 cm³/mol. The van der Waals surface area contributed by atoms with Gasteiger partial charge in [0.25, 0.3) is 0 Å². The van der Waals surface area contributed by atoms with Crippen LogP contribution in [0.15, 0.2) is 0 Å². The fraction of sp³-hybridized carbons (Fsp3) is 0.667. The van der Waals surface area contributed by atoms with Gasteiger partial charge in [0.15, 0.2) is 17.4 Å². The number of rotatable bonds is 6. The summed E-state index contributed by atoms with van der Waals surface area (Å²) in [6.07, 6.45) is -3.32. The lowest BCUT2D eigenvalue weighted by Gasteiger charge is -2.44. The summed E-state index contributed by atoms with van der Waals surface area (Å²) in [6, 6.07) is -0.974. The number of nitrogens with two attached hydrogens (primary N) is 1. The molecule has 0 aromatic heterocycles. The normalized spacial score (nSPS) is 27.2. The average molecular weight is 405 g/mol.